The monoisotopic (exact) mass is 320 g/mol. The first-order valence-corrected chi connectivity index (χ1v) is 8.56. The van der Waals surface area contributed by atoms with Crippen LogP contribution in [0.1, 0.15) is 31.2 Å². The molecule has 3 nitrogen and oxygen atoms in total. The van der Waals surface area contributed by atoms with Crippen molar-refractivity contribution in [3.8, 4) is 0 Å². The summed E-state index contributed by atoms with van der Waals surface area (Å²) in [4.78, 5) is 16.6. The Kier molecular flexibility index (Phi) is 3.84. The van der Waals surface area contributed by atoms with Crippen molar-refractivity contribution in [3.63, 3.8) is 0 Å². The quantitative estimate of drug-likeness (QED) is 0.836. The third-order valence-electron chi connectivity index (χ3n) is 5.65. The van der Waals surface area contributed by atoms with Gasteiger partial charge in [-0.3, -0.25) is 9.69 Å². The lowest BCUT2D eigenvalue weighted by atomic mass is 9.76. The third-order valence-corrected chi connectivity index (χ3v) is 5.65. The molecule has 124 valence electrons. The predicted molar refractivity (Wildman–Crippen MR) is 82.6 cm³/mol. The van der Waals surface area contributed by atoms with E-state index in [0.29, 0.717) is 36.8 Å². The summed E-state index contributed by atoms with van der Waals surface area (Å²) in [5.41, 5.74) is 0.820. The third kappa shape index (κ3) is 2.87. The maximum atomic E-state index is 13.4. The summed E-state index contributed by atoms with van der Waals surface area (Å²) in [7, 11) is 0. The zero-order valence-corrected chi connectivity index (χ0v) is 13.2. The largest absolute Gasteiger partial charge is 0.339 e. The molecular formula is C18H22F2N2O. The van der Waals surface area contributed by atoms with Gasteiger partial charge in [-0.2, -0.15) is 0 Å². The summed E-state index contributed by atoms with van der Waals surface area (Å²) >= 11 is 0. The highest BCUT2D eigenvalue weighted by atomic mass is 19.2. The summed E-state index contributed by atoms with van der Waals surface area (Å²) in [6, 6.07) is 4.56. The second-order valence-electron chi connectivity index (χ2n) is 7.31. The highest BCUT2D eigenvalue weighted by Gasteiger charge is 2.43. The Bertz CT molecular complexity index is 621. The second-order valence-corrected chi connectivity index (χ2v) is 7.31. The van der Waals surface area contributed by atoms with Gasteiger partial charge in [0.2, 0.25) is 5.91 Å². The molecule has 2 bridgehead atoms. The van der Waals surface area contributed by atoms with Gasteiger partial charge in [-0.05, 0) is 48.8 Å². The number of rotatable bonds is 2. The minimum absolute atomic E-state index is 0.324. The molecule has 0 aromatic heterocycles. The molecule has 3 aliphatic heterocycles. The van der Waals surface area contributed by atoms with E-state index >= 15 is 0 Å². The van der Waals surface area contributed by atoms with Gasteiger partial charge in [0, 0.05) is 38.6 Å². The van der Waals surface area contributed by atoms with E-state index in [-0.39, 0.29) is 0 Å². The van der Waals surface area contributed by atoms with Crippen molar-refractivity contribution >= 4 is 5.91 Å². The lowest BCUT2D eigenvalue weighted by Crippen LogP contribution is -2.60. The van der Waals surface area contributed by atoms with Gasteiger partial charge in [0.05, 0.1) is 0 Å². The number of amides is 1. The van der Waals surface area contributed by atoms with Crippen molar-refractivity contribution in [2.24, 2.45) is 11.8 Å². The molecule has 1 aromatic rings. The van der Waals surface area contributed by atoms with Crippen LogP contribution in [-0.4, -0.2) is 41.4 Å². The number of hydrogen-bond acceptors (Lipinski definition) is 2. The lowest BCUT2D eigenvalue weighted by Gasteiger charge is -2.52. The number of halogens is 2. The minimum atomic E-state index is -0.791. The van der Waals surface area contributed by atoms with Crippen LogP contribution < -0.4 is 0 Å². The molecule has 0 spiro atoms. The molecule has 1 amide bonds. The van der Waals surface area contributed by atoms with Crippen LogP contribution in [0.5, 0.6) is 0 Å². The predicted octanol–water partition coefficient (Wildman–Crippen LogP) is 2.80. The lowest BCUT2D eigenvalue weighted by molar-refractivity contribution is -0.145. The number of nitrogens with zero attached hydrogens (tertiary/aromatic N) is 2. The Morgan fingerprint density at radius 2 is 2.00 bits per heavy atom. The van der Waals surface area contributed by atoms with E-state index in [9.17, 15) is 13.6 Å². The van der Waals surface area contributed by atoms with Crippen LogP contribution in [0.15, 0.2) is 18.2 Å². The summed E-state index contributed by atoms with van der Waals surface area (Å²) in [6.07, 6.45) is 4.02. The van der Waals surface area contributed by atoms with Crippen LogP contribution in [0.2, 0.25) is 0 Å². The van der Waals surface area contributed by atoms with E-state index in [4.69, 9.17) is 0 Å². The minimum Gasteiger partial charge on any atom is -0.339 e. The van der Waals surface area contributed by atoms with Gasteiger partial charge in [0.25, 0.3) is 0 Å². The highest BCUT2D eigenvalue weighted by molar-refractivity contribution is 5.77. The molecule has 5 heteroatoms. The van der Waals surface area contributed by atoms with Crippen molar-refractivity contribution in [3.05, 3.63) is 35.4 Å². The SMILES string of the molecule is O=C1CCC[C@H]2[C@H]3C[C@@H](CN(Cc4ccc(F)c(F)c4)C3)CN12. The Labute approximate surface area is 135 Å². The van der Waals surface area contributed by atoms with Crippen molar-refractivity contribution in [2.45, 2.75) is 38.3 Å². The maximum absolute atomic E-state index is 13.4. The van der Waals surface area contributed by atoms with Crippen LogP contribution >= 0.6 is 0 Å². The van der Waals surface area contributed by atoms with Crippen molar-refractivity contribution in [1.82, 2.24) is 9.80 Å². The number of hydrogen-bond donors (Lipinski definition) is 0. The zero-order chi connectivity index (χ0) is 16.0. The number of carbonyl (C=O) groups is 1. The molecule has 23 heavy (non-hydrogen) atoms. The Hall–Kier alpha value is -1.49. The standard InChI is InChI=1S/C18H22F2N2O/c19-15-5-4-12(7-16(15)20)8-21-9-13-6-14(11-21)17-2-1-3-18(23)22(17)10-13/h4-5,7,13-14,17H,1-3,6,8-11H2/t13-,14-,17-/m0/s1. The molecule has 3 atom stereocenters. The normalized spacial score (nSPS) is 31.1. The maximum Gasteiger partial charge on any atom is 0.222 e. The Balaban J connectivity index is 1.47. The van der Waals surface area contributed by atoms with Gasteiger partial charge >= 0.3 is 0 Å². The number of benzene rings is 1. The Morgan fingerprint density at radius 1 is 1.13 bits per heavy atom. The van der Waals surface area contributed by atoms with E-state index in [1.807, 2.05) is 0 Å². The average Bonchev–Trinajstić information content (AvgIpc) is 2.52. The molecule has 0 N–H and O–H groups in total. The van der Waals surface area contributed by atoms with Crippen LogP contribution in [0.4, 0.5) is 8.78 Å². The van der Waals surface area contributed by atoms with Gasteiger partial charge in [-0.1, -0.05) is 6.07 Å². The van der Waals surface area contributed by atoms with Crippen LogP contribution in [0.3, 0.4) is 0 Å². The molecule has 0 saturated carbocycles. The zero-order valence-electron chi connectivity index (χ0n) is 13.2. The molecule has 0 radical (unpaired) electrons. The topological polar surface area (TPSA) is 23.6 Å². The van der Waals surface area contributed by atoms with E-state index in [0.717, 1.165) is 38.0 Å². The second kappa shape index (κ2) is 5.86. The van der Waals surface area contributed by atoms with Gasteiger partial charge in [0.1, 0.15) is 0 Å². The summed E-state index contributed by atoms with van der Waals surface area (Å²) in [5.74, 6) is -0.205. The molecule has 3 saturated heterocycles. The first-order valence-electron chi connectivity index (χ1n) is 8.56. The summed E-state index contributed by atoms with van der Waals surface area (Å²) < 4.78 is 26.5. The molecule has 0 unspecified atom stereocenters. The highest BCUT2D eigenvalue weighted by Crippen LogP contribution is 2.38. The number of piperidine rings is 3. The van der Waals surface area contributed by atoms with Crippen molar-refractivity contribution < 1.29 is 13.6 Å². The van der Waals surface area contributed by atoms with Gasteiger partial charge in [0.15, 0.2) is 11.6 Å². The summed E-state index contributed by atoms with van der Waals surface area (Å²) in [5, 5.41) is 0. The Morgan fingerprint density at radius 3 is 2.83 bits per heavy atom. The fourth-order valence-electron chi connectivity index (χ4n) is 4.74. The molecule has 0 aliphatic carbocycles. The van der Waals surface area contributed by atoms with E-state index in [1.165, 1.54) is 18.6 Å². The number of fused-ring (bicyclic) bond motifs is 4. The fourth-order valence-corrected chi connectivity index (χ4v) is 4.74. The van der Waals surface area contributed by atoms with Gasteiger partial charge < -0.3 is 4.90 Å². The molecular weight excluding hydrogens is 298 g/mol. The van der Waals surface area contributed by atoms with Crippen LogP contribution in [0.25, 0.3) is 0 Å². The van der Waals surface area contributed by atoms with E-state index < -0.39 is 11.6 Å². The first-order chi connectivity index (χ1) is 11.1. The molecule has 4 rings (SSSR count). The van der Waals surface area contributed by atoms with E-state index in [1.54, 1.807) is 6.07 Å². The molecule has 3 heterocycles. The average molecular weight is 320 g/mol. The fraction of sp³-hybridized carbons (Fsp3) is 0.611. The number of carbonyl (C=O) groups excluding carboxylic acids is 1. The smallest absolute Gasteiger partial charge is 0.222 e. The van der Waals surface area contributed by atoms with Gasteiger partial charge in [-0.25, -0.2) is 8.78 Å². The first kappa shape index (κ1) is 15.1. The van der Waals surface area contributed by atoms with Gasteiger partial charge in [-0.15, -0.1) is 0 Å². The van der Waals surface area contributed by atoms with Crippen LogP contribution in [0, 0.1) is 23.5 Å². The van der Waals surface area contributed by atoms with Crippen molar-refractivity contribution in [1.29, 1.82) is 0 Å². The molecule has 3 fully saturated rings. The molecule has 1 aromatic carbocycles. The van der Waals surface area contributed by atoms with Crippen molar-refractivity contribution in [2.75, 3.05) is 19.6 Å². The van der Waals surface area contributed by atoms with Crippen LogP contribution in [-0.2, 0) is 11.3 Å². The van der Waals surface area contributed by atoms with E-state index in [2.05, 4.69) is 9.80 Å². The molecule has 3 aliphatic rings. The summed E-state index contributed by atoms with van der Waals surface area (Å²) in [6.45, 7) is 3.41. The number of likely N-dealkylation sites (tertiary alicyclic amines) is 1.